The number of rotatable bonds is 8. The van der Waals surface area contributed by atoms with E-state index in [0.29, 0.717) is 5.92 Å². The monoisotopic (exact) mass is 271 g/mol. The van der Waals surface area contributed by atoms with Crippen molar-refractivity contribution < 1.29 is 0 Å². The van der Waals surface area contributed by atoms with E-state index in [9.17, 15) is 0 Å². The lowest BCUT2D eigenvalue weighted by Crippen LogP contribution is -2.19. The molecule has 2 aromatic rings. The molecule has 0 saturated carbocycles. The number of hydrogen-bond donors (Lipinski definition) is 1. The highest BCUT2D eigenvalue weighted by molar-refractivity contribution is 5.81. The molecule has 1 N–H and O–H groups in total. The van der Waals surface area contributed by atoms with Crippen molar-refractivity contribution >= 4 is 10.9 Å². The molecule has 0 bridgehead atoms. The molecule has 1 aromatic heterocycles. The number of benzene rings is 1. The van der Waals surface area contributed by atoms with Crippen LogP contribution in [-0.2, 0) is 13.1 Å². The van der Waals surface area contributed by atoms with Gasteiger partial charge in [0.15, 0.2) is 0 Å². The summed E-state index contributed by atoms with van der Waals surface area (Å²) in [7, 11) is 0. The Balaban J connectivity index is 2.14. The molecule has 3 heteroatoms. The zero-order valence-corrected chi connectivity index (χ0v) is 12.6. The lowest BCUT2D eigenvalue weighted by molar-refractivity contribution is 0.538. The predicted octanol–water partition coefficient (Wildman–Crippen LogP) is 3.75. The van der Waals surface area contributed by atoms with Crippen molar-refractivity contribution in [3.05, 3.63) is 42.6 Å². The lowest BCUT2D eigenvalue weighted by Gasteiger charge is -2.05. The second kappa shape index (κ2) is 7.25. The summed E-state index contributed by atoms with van der Waals surface area (Å²) in [5.41, 5.74) is 2.39. The van der Waals surface area contributed by atoms with E-state index in [2.05, 4.69) is 54.7 Å². The van der Waals surface area contributed by atoms with E-state index in [1.54, 1.807) is 0 Å². The fourth-order valence-electron chi connectivity index (χ4n) is 2.36. The smallest absolute Gasteiger partial charge is 0.0841 e. The van der Waals surface area contributed by atoms with Gasteiger partial charge in [-0.3, -0.25) is 4.68 Å². The first-order chi connectivity index (χ1) is 9.72. The van der Waals surface area contributed by atoms with Crippen molar-refractivity contribution in [3.63, 3.8) is 0 Å². The highest BCUT2D eigenvalue weighted by Crippen LogP contribution is 2.19. The maximum Gasteiger partial charge on any atom is 0.0841 e. The Morgan fingerprint density at radius 2 is 2.15 bits per heavy atom. The highest BCUT2D eigenvalue weighted by Gasteiger charge is 2.09. The molecule has 2 rings (SSSR count). The standard InChI is InChI=1S/C17H25N3/c1-4-5-8-11-20-17-10-7-6-9-15(17)16(19-20)13-18-12-14(2)3/h4,6-7,9-10,14,18H,1,5,8,11-13H2,2-3H3. The minimum atomic E-state index is 0.663. The van der Waals surface area contributed by atoms with Gasteiger partial charge in [-0.1, -0.05) is 38.1 Å². The molecule has 0 spiro atoms. The number of unbranched alkanes of at least 4 members (excludes halogenated alkanes) is 1. The van der Waals surface area contributed by atoms with Crippen LogP contribution in [0, 0.1) is 5.92 Å². The largest absolute Gasteiger partial charge is 0.311 e. The minimum Gasteiger partial charge on any atom is -0.311 e. The Hall–Kier alpha value is -1.61. The third-order valence-electron chi connectivity index (χ3n) is 3.36. The normalized spacial score (nSPS) is 11.3. The summed E-state index contributed by atoms with van der Waals surface area (Å²) < 4.78 is 2.13. The van der Waals surface area contributed by atoms with Crippen LogP contribution >= 0.6 is 0 Å². The van der Waals surface area contributed by atoms with Gasteiger partial charge in [0.1, 0.15) is 0 Å². The Morgan fingerprint density at radius 3 is 2.90 bits per heavy atom. The molecule has 0 amide bonds. The molecule has 20 heavy (non-hydrogen) atoms. The third kappa shape index (κ3) is 3.70. The van der Waals surface area contributed by atoms with Crippen LogP contribution in [0.3, 0.4) is 0 Å². The van der Waals surface area contributed by atoms with Crippen LogP contribution in [0.4, 0.5) is 0 Å². The predicted molar refractivity (Wildman–Crippen MR) is 85.7 cm³/mol. The van der Waals surface area contributed by atoms with Gasteiger partial charge < -0.3 is 5.32 Å². The Bertz CT molecular complexity index is 554. The summed E-state index contributed by atoms with van der Waals surface area (Å²) in [5.74, 6) is 0.663. The summed E-state index contributed by atoms with van der Waals surface area (Å²) in [5, 5.41) is 9.53. The van der Waals surface area contributed by atoms with E-state index < -0.39 is 0 Å². The zero-order valence-electron chi connectivity index (χ0n) is 12.6. The van der Waals surface area contributed by atoms with Gasteiger partial charge >= 0.3 is 0 Å². The van der Waals surface area contributed by atoms with Crippen molar-refractivity contribution in [2.45, 2.75) is 39.8 Å². The molecule has 0 saturated heterocycles. The summed E-state index contributed by atoms with van der Waals surface area (Å²) >= 11 is 0. The molecule has 0 unspecified atom stereocenters. The van der Waals surface area contributed by atoms with E-state index in [1.807, 2.05) is 6.08 Å². The number of para-hydroxylation sites is 1. The molecule has 0 aliphatic carbocycles. The van der Waals surface area contributed by atoms with E-state index in [1.165, 1.54) is 10.9 Å². The van der Waals surface area contributed by atoms with Crippen LogP contribution < -0.4 is 5.32 Å². The fourth-order valence-corrected chi connectivity index (χ4v) is 2.36. The van der Waals surface area contributed by atoms with Gasteiger partial charge in [-0.15, -0.1) is 6.58 Å². The van der Waals surface area contributed by atoms with Gasteiger partial charge in [0.05, 0.1) is 11.2 Å². The van der Waals surface area contributed by atoms with Crippen molar-refractivity contribution in [1.82, 2.24) is 15.1 Å². The number of fused-ring (bicyclic) bond motifs is 1. The van der Waals surface area contributed by atoms with E-state index in [0.717, 1.165) is 38.2 Å². The van der Waals surface area contributed by atoms with Gasteiger partial charge in [0.2, 0.25) is 0 Å². The minimum absolute atomic E-state index is 0.663. The van der Waals surface area contributed by atoms with E-state index >= 15 is 0 Å². The third-order valence-corrected chi connectivity index (χ3v) is 3.36. The van der Waals surface area contributed by atoms with Gasteiger partial charge in [-0.25, -0.2) is 0 Å². The van der Waals surface area contributed by atoms with Crippen LogP contribution in [0.25, 0.3) is 10.9 Å². The van der Waals surface area contributed by atoms with Crippen LogP contribution in [0.15, 0.2) is 36.9 Å². The molecular formula is C17H25N3. The number of allylic oxidation sites excluding steroid dienone is 1. The zero-order chi connectivity index (χ0) is 14.4. The van der Waals surface area contributed by atoms with Crippen molar-refractivity contribution in [1.29, 1.82) is 0 Å². The Kier molecular flexibility index (Phi) is 5.36. The van der Waals surface area contributed by atoms with Crippen LogP contribution in [0.2, 0.25) is 0 Å². The van der Waals surface area contributed by atoms with Crippen molar-refractivity contribution in [3.8, 4) is 0 Å². The summed E-state index contributed by atoms with van der Waals surface area (Å²) in [6.45, 7) is 11.0. The van der Waals surface area contributed by atoms with E-state index in [-0.39, 0.29) is 0 Å². The molecule has 1 aromatic carbocycles. The van der Waals surface area contributed by atoms with Gasteiger partial charge in [0, 0.05) is 18.5 Å². The molecular weight excluding hydrogens is 246 g/mol. The summed E-state index contributed by atoms with van der Waals surface area (Å²) in [4.78, 5) is 0. The van der Waals surface area contributed by atoms with Crippen LogP contribution in [0.1, 0.15) is 32.4 Å². The molecule has 0 aliphatic rings. The molecule has 108 valence electrons. The number of hydrogen-bond acceptors (Lipinski definition) is 2. The molecule has 0 radical (unpaired) electrons. The first kappa shape index (κ1) is 14.8. The van der Waals surface area contributed by atoms with Gasteiger partial charge in [-0.2, -0.15) is 5.10 Å². The maximum absolute atomic E-state index is 4.78. The Labute approximate surface area is 121 Å². The average molecular weight is 271 g/mol. The number of aryl methyl sites for hydroxylation is 1. The first-order valence-electron chi connectivity index (χ1n) is 7.48. The van der Waals surface area contributed by atoms with Crippen molar-refractivity contribution in [2.24, 2.45) is 5.92 Å². The first-order valence-corrected chi connectivity index (χ1v) is 7.48. The quantitative estimate of drug-likeness (QED) is 0.585. The molecule has 3 nitrogen and oxygen atoms in total. The van der Waals surface area contributed by atoms with Gasteiger partial charge in [0.25, 0.3) is 0 Å². The van der Waals surface area contributed by atoms with Crippen molar-refractivity contribution in [2.75, 3.05) is 6.54 Å². The number of aromatic nitrogens is 2. The topological polar surface area (TPSA) is 29.9 Å². The molecule has 0 atom stereocenters. The van der Waals surface area contributed by atoms with Crippen LogP contribution in [-0.4, -0.2) is 16.3 Å². The molecule has 1 heterocycles. The summed E-state index contributed by atoms with van der Waals surface area (Å²) in [6, 6.07) is 8.49. The summed E-state index contributed by atoms with van der Waals surface area (Å²) in [6.07, 6.45) is 4.10. The second-order valence-electron chi connectivity index (χ2n) is 5.64. The SMILES string of the molecule is C=CCCCn1nc(CNCC(C)C)c2ccccc21. The maximum atomic E-state index is 4.78. The molecule has 0 fully saturated rings. The lowest BCUT2D eigenvalue weighted by atomic mass is 10.2. The van der Waals surface area contributed by atoms with E-state index in [4.69, 9.17) is 5.10 Å². The average Bonchev–Trinajstić information content (AvgIpc) is 2.78. The van der Waals surface area contributed by atoms with Crippen LogP contribution in [0.5, 0.6) is 0 Å². The highest BCUT2D eigenvalue weighted by atomic mass is 15.3. The fraction of sp³-hybridized carbons (Fsp3) is 0.471. The molecule has 0 aliphatic heterocycles. The second-order valence-corrected chi connectivity index (χ2v) is 5.64. The van der Waals surface area contributed by atoms with Gasteiger partial charge in [-0.05, 0) is 31.4 Å². The number of nitrogens with zero attached hydrogens (tertiary/aromatic N) is 2. The number of nitrogens with one attached hydrogen (secondary N) is 1. The Morgan fingerprint density at radius 1 is 1.35 bits per heavy atom.